The lowest BCUT2D eigenvalue weighted by Crippen LogP contribution is -2.57. The van der Waals surface area contributed by atoms with Gasteiger partial charge in [-0.25, -0.2) is 9.59 Å². The molecule has 7 N–H and O–H groups in total. The highest BCUT2D eigenvalue weighted by Gasteiger charge is 2.31. The number of carboxylic acid groups (broad SMARTS) is 1. The third-order valence-corrected chi connectivity index (χ3v) is 6.58. The third-order valence-electron chi connectivity index (χ3n) is 6.58. The molecule has 0 spiro atoms. The van der Waals surface area contributed by atoms with Gasteiger partial charge in [0.05, 0.1) is 0 Å². The number of carbonyl (C=O) groups is 4. The number of fused-ring (bicyclic) bond motifs is 1. The molecule has 1 heterocycles. The summed E-state index contributed by atoms with van der Waals surface area (Å²) in [5.41, 5.74) is 7.17. The quantitative estimate of drug-likeness (QED) is 0.159. The number of nitrogens with two attached hydrogens (primary N) is 1. The van der Waals surface area contributed by atoms with Crippen molar-refractivity contribution in [3.63, 3.8) is 0 Å². The number of unbranched alkanes of at least 4 members (excludes halogenated alkanes) is 1. The van der Waals surface area contributed by atoms with Crippen molar-refractivity contribution >= 4 is 34.8 Å². The molecule has 0 aliphatic carbocycles. The maximum atomic E-state index is 13.7. The van der Waals surface area contributed by atoms with E-state index in [1.807, 2.05) is 54.6 Å². The van der Waals surface area contributed by atoms with Crippen LogP contribution >= 0.6 is 0 Å². The summed E-state index contributed by atoms with van der Waals surface area (Å²) in [6.45, 7) is 5.56. The van der Waals surface area contributed by atoms with Crippen LogP contribution in [0.25, 0.3) is 10.9 Å². The maximum absolute atomic E-state index is 13.7. The Morgan fingerprint density at radius 3 is 2.12 bits per heavy atom. The number of benzene rings is 2. The average Bonchev–Trinajstić information content (AvgIpc) is 3.34. The first-order valence-corrected chi connectivity index (χ1v) is 14.1. The topological polar surface area (TPSA) is 176 Å². The highest BCUT2D eigenvalue weighted by atomic mass is 16.6. The van der Waals surface area contributed by atoms with Gasteiger partial charge in [-0.05, 0) is 63.8 Å². The van der Waals surface area contributed by atoms with Gasteiger partial charge in [-0.2, -0.15) is 0 Å². The zero-order valence-electron chi connectivity index (χ0n) is 24.3. The van der Waals surface area contributed by atoms with Crippen molar-refractivity contribution in [2.24, 2.45) is 5.73 Å². The zero-order chi connectivity index (χ0) is 30.7. The van der Waals surface area contributed by atoms with Crippen molar-refractivity contribution in [1.29, 1.82) is 0 Å². The number of alkyl carbamates (subject to hydrolysis) is 1. The van der Waals surface area contributed by atoms with E-state index < -0.39 is 47.6 Å². The van der Waals surface area contributed by atoms with Gasteiger partial charge < -0.3 is 36.5 Å². The smallest absolute Gasteiger partial charge is 0.408 e. The molecule has 3 aromatic rings. The first kappa shape index (κ1) is 32.1. The minimum Gasteiger partial charge on any atom is -0.480 e. The number of ether oxygens (including phenoxy) is 1. The average molecular weight is 580 g/mol. The summed E-state index contributed by atoms with van der Waals surface area (Å²) in [6, 6.07) is 13.3. The van der Waals surface area contributed by atoms with Crippen LogP contribution in [0.3, 0.4) is 0 Å². The van der Waals surface area contributed by atoms with Crippen LogP contribution in [0.15, 0.2) is 60.8 Å². The predicted molar refractivity (Wildman–Crippen MR) is 160 cm³/mol. The van der Waals surface area contributed by atoms with Crippen molar-refractivity contribution in [2.75, 3.05) is 6.54 Å². The second-order valence-corrected chi connectivity index (χ2v) is 11.2. The molecule has 0 aliphatic heterocycles. The summed E-state index contributed by atoms with van der Waals surface area (Å²) >= 11 is 0. The highest BCUT2D eigenvalue weighted by molar-refractivity contribution is 5.94. The number of hydrogen-bond donors (Lipinski definition) is 6. The normalized spacial score (nSPS) is 13.5. The SMILES string of the molecule is CC(C)(C)OC(=O)N[C@@H](Cc1ccccc1)C(=O)N[C@H](Cc1c[nH]c2ccccc12)C(=O)N[C@@H](CCCCN)C(=O)O. The van der Waals surface area contributed by atoms with Crippen LogP contribution in [0.1, 0.15) is 51.2 Å². The number of nitrogens with one attached hydrogen (secondary N) is 4. The number of amides is 3. The fraction of sp³-hybridized carbons (Fsp3) is 0.419. The van der Waals surface area contributed by atoms with E-state index in [1.165, 1.54) is 0 Å². The van der Waals surface area contributed by atoms with Crippen LogP contribution < -0.4 is 21.7 Å². The number of hydrogen-bond acceptors (Lipinski definition) is 6. The maximum Gasteiger partial charge on any atom is 0.408 e. The summed E-state index contributed by atoms with van der Waals surface area (Å²) in [6.07, 6.45) is 2.54. The lowest BCUT2D eigenvalue weighted by molar-refractivity contribution is -0.142. The van der Waals surface area contributed by atoms with Gasteiger partial charge in [-0.3, -0.25) is 9.59 Å². The molecule has 0 saturated heterocycles. The van der Waals surface area contributed by atoms with Gasteiger partial charge in [0.25, 0.3) is 0 Å². The molecule has 11 nitrogen and oxygen atoms in total. The van der Waals surface area contributed by atoms with Crippen LogP contribution in [-0.4, -0.2) is 64.2 Å². The molecule has 2 aromatic carbocycles. The fourth-order valence-electron chi connectivity index (χ4n) is 4.53. The van der Waals surface area contributed by atoms with E-state index in [2.05, 4.69) is 20.9 Å². The van der Waals surface area contributed by atoms with Crippen molar-refractivity contribution in [2.45, 2.75) is 76.6 Å². The minimum absolute atomic E-state index is 0.0845. The summed E-state index contributed by atoms with van der Waals surface area (Å²) in [4.78, 5) is 55.0. The molecule has 3 atom stereocenters. The predicted octanol–water partition coefficient (Wildman–Crippen LogP) is 3.03. The summed E-state index contributed by atoms with van der Waals surface area (Å²) in [7, 11) is 0. The van der Waals surface area contributed by atoms with Crippen LogP contribution in [-0.2, 0) is 32.0 Å². The Labute approximate surface area is 245 Å². The third kappa shape index (κ3) is 9.91. The second kappa shape index (κ2) is 15.0. The van der Waals surface area contributed by atoms with E-state index in [0.29, 0.717) is 19.4 Å². The van der Waals surface area contributed by atoms with Gasteiger partial charge in [0.2, 0.25) is 11.8 Å². The van der Waals surface area contributed by atoms with Crippen molar-refractivity contribution in [1.82, 2.24) is 20.9 Å². The van der Waals surface area contributed by atoms with E-state index in [0.717, 1.165) is 22.0 Å². The number of para-hydroxylation sites is 1. The molecule has 3 rings (SSSR count). The Bertz CT molecular complexity index is 1350. The Hall–Kier alpha value is -4.38. The number of carbonyl (C=O) groups excluding carboxylic acids is 3. The number of H-pyrrole nitrogens is 1. The Morgan fingerprint density at radius 2 is 1.48 bits per heavy atom. The number of aliphatic carboxylic acids is 1. The monoisotopic (exact) mass is 579 g/mol. The zero-order valence-corrected chi connectivity index (χ0v) is 24.3. The van der Waals surface area contributed by atoms with Crippen LogP contribution in [0.4, 0.5) is 4.79 Å². The van der Waals surface area contributed by atoms with E-state index in [1.54, 1.807) is 27.0 Å². The van der Waals surface area contributed by atoms with Crippen LogP contribution in [0, 0.1) is 0 Å². The van der Waals surface area contributed by atoms with Gasteiger partial charge in [-0.15, -0.1) is 0 Å². The molecule has 42 heavy (non-hydrogen) atoms. The van der Waals surface area contributed by atoms with Gasteiger partial charge in [0.15, 0.2) is 0 Å². The van der Waals surface area contributed by atoms with Crippen molar-refractivity contribution in [3.05, 3.63) is 71.9 Å². The van der Waals surface area contributed by atoms with Crippen LogP contribution in [0.2, 0.25) is 0 Å². The van der Waals surface area contributed by atoms with Crippen molar-refractivity contribution in [3.8, 4) is 0 Å². The summed E-state index contributed by atoms with van der Waals surface area (Å²) < 4.78 is 5.38. The molecule has 0 fully saturated rings. The molecule has 0 aliphatic rings. The van der Waals surface area contributed by atoms with Crippen molar-refractivity contribution < 1.29 is 29.0 Å². The van der Waals surface area contributed by atoms with E-state index >= 15 is 0 Å². The van der Waals surface area contributed by atoms with E-state index in [9.17, 15) is 24.3 Å². The lowest BCUT2D eigenvalue weighted by Gasteiger charge is -2.26. The van der Waals surface area contributed by atoms with Crippen LogP contribution in [0.5, 0.6) is 0 Å². The molecule has 1 aromatic heterocycles. The molecule has 3 amide bonds. The number of carboxylic acids is 1. The highest BCUT2D eigenvalue weighted by Crippen LogP contribution is 2.20. The first-order valence-electron chi connectivity index (χ1n) is 14.1. The van der Waals surface area contributed by atoms with Gasteiger partial charge >= 0.3 is 12.1 Å². The molecule has 11 heteroatoms. The summed E-state index contributed by atoms with van der Waals surface area (Å²) in [5.74, 6) is -2.43. The van der Waals surface area contributed by atoms with Gasteiger partial charge in [0, 0.05) is 29.9 Å². The summed E-state index contributed by atoms with van der Waals surface area (Å²) in [5, 5.41) is 18.6. The Morgan fingerprint density at radius 1 is 0.857 bits per heavy atom. The standard InChI is InChI=1S/C31H41N5O6/c1-31(2,3)42-30(41)36-25(17-20-11-5-4-6-12-20)27(37)35-26(18-21-19-33-23-14-8-7-13-22(21)23)28(38)34-24(29(39)40)15-9-10-16-32/h4-8,11-14,19,24-26,33H,9-10,15-18,32H2,1-3H3,(H,34,38)(H,35,37)(H,36,41)(H,39,40)/t24-,25-,26+/m0/s1. The Balaban J connectivity index is 1.87. The lowest BCUT2D eigenvalue weighted by atomic mass is 10.0. The molecular weight excluding hydrogens is 538 g/mol. The fourth-order valence-corrected chi connectivity index (χ4v) is 4.53. The Kier molecular flexibility index (Phi) is 11.5. The van der Waals surface area contributed by atoms with Gasteiger partial charge in [0.1, 0.15) is 23.7 Å². The number of aromatic nitrogens is 1. The van der Waals surface area contributed by atoms with E-state index in [-0.39, 0.29) is 19.3 Å². The number of rotatable bonds is 14. The molecule has 0 bridgehead atoms. The van der Waals surface area contributed by atoms with E-state index in [4.69, 9.17) is 10.5 Å². The molecular formula is C31H41N5O6. The number of aromatic amines is 1. The second-order valence-electron chi connectivity index (χ2n) is 11.2. The largest absolute Gasteiger partial charge is 0.480 e. The van der Waals surface area contributed by atoms with Gasteiger partial charge in [-0.1, -0.05) is 48.5 Å². The molecule has 0 saturated carbocycles. The first-order chi connectivity index (χ1) is 20.0. The molecule has 0 unspecified atom stereocenters. The minimum atomic E-state index is -1.17. The molecule has 226 valence electrons. The molecule has 0 radical (unpaired) electrons.